The van der Waals surface area contributed by atoms with Crippen LogP contribution in [-0.2, 0) is 6.42 Å². The van der Waals surface area contributed by atoms with Crippen LogP contribution in [0.4, 0.5) is 0 Å². The molecular formula is C19H21BrN2. The maximum atomic E-state index is 4.40. The van der Waals surface area contributed by atoms with Gasteiger partial charge in [0.25, 0.3) is 0 Å². The molecule has 0 saturated heterocycles. The second-order valence-corrected chi connectivity index (χ2v) is 6.13. The fourth-order valence-electron chi connectivity index (χ4n) is 2.19. The van der Waals surface area contributed by atoms with Crippen molar-refractivity contribution >= 4 is 21.6 Å². The maximum absolute atomic E-state index is 4.40. The van der Waals surface area contributed by atoms with Gasteiger partial charge < -0.3 is 4.90 Å². The van der Waals surface area contributed by atoms with Crippen molar-refractivity contribution in [2.24, 2.45) is 0 Å². The Balaban J connectivity index is 2.09. The van der Waals surface area contributed by atoms with Crippen molar-refractivity contribution in [3.8, 4) is 0 Å². The molecule has 2 rings (SSSR count). The molecule has 0 spiro atoms. The van der Waals surface area contributed by atoms with Crippen molar-refractivity contribution in [2.75, 3.05) is 6.54 Å². The third-order valence-corrected chi connectivity index (χ3v) is 3.95. The predicted molar refractivity (Wildman–Crippen MR) is 97.4 cm³/mol. The van der Waals surface area contributed by atoms with E-state index in [9.17, 15) is 0 Å². The summed E-state index contributed by atoms with van der Waals surface area (Å²) in [4.78, 5) is 6.55. The molecule has 0 N–H and O–H groups in total. The Morgan fingerprint density at radius 3 is 2.64 bits per heavy atom. The first-order valence-corrected chi connectivity index (χ1v) is 8.15. The van der Waals surface area contributed by atoms with E-state index in [2.05, 4.69) is 69.8 Å². The first-order chi connectivity index (χ1) is 10.6. The summed E-state index contributed by atoms with van der Waals surface area (Å²) < 4.78 is 1.01. The normalized spacial score (nSPS) is 10.9. The lowest BCUT2D eigenvalue weighted by Gasteiger charge is -2.22. The fourth-order valence-corrected chi connectivity index (χ4v) is 2.53. The number of aryl methyl sites for hydroxylation is 1. The zero-order chi connectivity index (χ0) is 15.9. The Labute approximate surface area is 141 Å². The molecular weight excluding hydrogens is 336 g/mol. The topological polar surface area (TPSA) is 16.1 Å². The van der Waals surface area contributed by atoms with Gasteiger partial charge in [-0.2, -0.15) is 0 Å². The summed E-state index contributed by atoms with van der Waals surface area (Å²) >= 11 is 3.48. The van der Waals surface area contributed by atoms with Crippen LogP contribution in [-0.4, -0.2) is 16.4 Å². The number of halogens is 1. The van der Waals surface area contributed by atoms with E-state index in [1.165, 1.54) is 11.1 Å². The maximum Gasteiger partial charge on any atom is 0.0871 e. The molecule has 0 radical (unpaired) electrons. The highest BCUT2D eigenvalue weighted by atomic mass is 79.9. The third-order valence-electron chi connectivity index (χ3n) is 3.46. The van der Waals surface area contributed by atoms with Gasteiger partial charge in [-0.3, -0.25) is 4.98 Å². The van der Waals surface area contributed by atoms with Crippen LogP contribution in [0.3, 0.4) is 0 Å². The lowest BCUT2D eigenvalue weighted by molar-refractivity contribution is 0.530. The number of benzene rings is 1. The number of allylic oxidation sites excluding steroid dienone is 1. The highest BCUT2D eigenvalue weighted by molar-refractivity contribution is 9.10. The number of nitrogens with zero attached hydrogens (tertiary/aromatic N) is 2. The van der Waals surface area contributed by atoms with Gasteiger partial charge in [-0.1, -0.05) is 58.4 Å². The third kappa shape index (κ3) is 4.57. The number of aromatic nitrogens is 1. The van der Waals surface area contributed by atoms with Crippen LogP contribution in [0, 0.1) is 6.92 Å². The monoisotopic (exact) mass is 356 g/mol. The summed E-state index contributed by atoms with van der Waals surface area (Å²) in [5.74, 6) is 0. The molecule has 1 aromatic carbocycles. The van der Waals surface area contributed by atoms with Crippen LogP contribution in [0.15, 0.2) is 65.9 Å². The SMILES string of the molecule is C=C(c1cc(Br)ccn1)N(/C=C\C)CCc1ccc(C)cc1. The largest absolute Gasteiger partial charge is 0.347 e. The van der Waals surface area contributed by atoms with E-state index in [0.717, 1.165) is 28.8 Å². The van der Waals surface area contributed by atoms with Crippen molar-refractivity contribution in [1.82, 2.24) is 9.88 Å². The fraction of sp³-hybridized carbons (Fsp3) is 0.211. The Bertz CT molecular complexity index is 659. The minimum atomic E-state index is 0.875. The van der Waals surface area contributed by atoms with Crippen LogP contribution in [0.2, 0.25) is 0 Å². The molecule has 22 heavy (non-hydrogen) atoms. The van der Waals surface area contributed by atoms with Crippen LogP contribution < -0.4 is 0 Å². The van der Waals surface area contributed by atoms with Crippen LogP contribution in [0.25, 0.3) is 5.70 Å². The van der Waals surface area contributed by atoms with Gasteiger partial charge in [0, 0.05) is 17.2 Å². The first kappa shape index (κ1) is 16.5. The molecule has 0 saturated carbocycles. The second kappa shape index (κ2) is 7.95. The standard InChI is InChI=1S/C19H21BrN2/c1-4-12-22(13-10-17-7-5-15(2)6-8-17)16(3)19-14-18(20)9-11-21-19/h4-9,11-12,14H,3,10,13H2,1-2H3/b12-4-. The van der Waals surface area contributed by atoms with Crippen molar-refractivity contribution in [2.45, 2.75) is 20.3 Å². The van der Waals surface area contributed by atoms with Gasteiger partial charge in [-0.25, -0.2) is 0 Å². The quantitative estimate of drug-likeness (QED) is 0.706. The van der Waals surface area contributed by atoms with Gasteiger partial charge >= 0.3 is 0 Å². The Hall–Kier alpha value is -1.87. The molecule has 0 amide bonds. The van der Waals surface area contributed by atoms with E-state index >= 15 is 0 Å². The van der Waals surface area contributed by atoms with E-state index in [-0.39, 0.29) is 0 Å². The molecule has 1 aromatic heterocycles. The molecule has 0 atom stereocenters. The van der Waals surface area contributed by atoms with Gasteiger partial charge in [-0.05, 0) is 44.2 Å². The van der Waals surface area contributed by atoms with Crippen LogP contribution >= 0.6 is 15.9 Å². The van der Waals surface area contributed by atoms with Gasteiger partial charge in [0.2, 0.25) is 0 Å². The van der Waals surface area contributed by atoms with Crippen molar-refractivity contribution < 1.29 is 0 Å². The second-order valence-electron chi connectivity index (χ2n) is 5.22. The van der Waals surface area contributed by atoms with Crippen molar-refractivity contribution in [3.63, 3.8) is 0 Å². The van der Waals surface area contributed by atoms with E-state index in [4.69, 9.17) is 0 Å². The number of pyridine rings is 1. The number of rotatable bonds is 6. The molecule has 3 heteroatoms. The molecule has 114 valence electrons. The summed E-state index contributed by atoms with van der Waals surface area (Å²) in [7, 11) is 0. The lowest BCUT2D eigenvalue weighted by atomic mass is 10.1. The van der Waals surface area contributed by atoms with E-state index in [1.807, 2.05) is 25.1 Å². The molecule has 1 heterocycles. The van der Waals surface area contributed by atoms with Crippen molar-refractivity contribution in [3.05, 3.63) is 82.7 Å². The zero-order valence-electron chi connectivity index (χ0n) is 13.1. The smallest absolute Gasteiger partial charge is 0.0871 e. The zero-order valence-corrected chi connectivity index (χ0v) is 14.7. The summed E-state index contributed by atoms with van der Waals surface area (Å²) in [6.45, 7) is 9.20. The summed E-state index contributed by atoms with van der Waals surface area (Å²) in [6.07, 6.45) is 6.84. The van der Waals surface area contributed by atoms with Gasteiger partial charge in [0.15, 0.2) is 0 Å². The number of hydrogen-bond acceptors (Lipinski definition) is 2. The molecule has 0 aliphatic heterocycles. The van der Waals surface area contributed by atoms with E-state index in [1.54, 1.807) is 6.20 Å². The van der Waals surface area contributed by atoms with Crippen molar-refractivity contribution in [1.29, 1.82) is 0 Å². The van der Waals surface area contributed by atoms with E-state index in [0.29, 0.717) is 0 Å². The van der Waals surface area contributed by atoms with Crippen LogP contribution in [0.1, 0.15) is 23.7 Å². The summed E-state index contributed by atoms with van der Waals surface area (Å²) in [5, 5.41) is 0. The first-order valence-electron chi connectivity index (χ1n) is 7.36. The summed E-state index contributed by atoms with van der Waals surface area (Å²) in [6, 6.07) is 12.6. The van der Waals surface area contributed by atoms with Gasteiger partial charge in [-0.15, -0.1) is 0 Å². The summed E-state index contributed by atoms with van der Waals surface area (Å²) in [5.41, 5.74) is 4.41. The highest BCUT2D eigenvalue weighted by Crippen LogP contribution is 2.20. The minimum Gasteiger partial charge on any atom is -0.347 e. The molecule has 0 bridgehead atoms. The molecule has 0 aliphatic carbocycles. The molecule has 0 unspecified atom stereocenters. The highest BCUT2D eigenvalue weighted by Gasteiger charge is 2.09. The molecule has 0 aliphatic rings. The number of hydrogen-bond donors (Lipinski definition) is 0. The van der Waals surface area contributed by atoms with Crippen LogP contribution in [0.5, 0.6) is 0 Å². The predicted octanol–water partition coefficient (Wildman–Crippen LogP) is 5.20. The average molecular weight is 357 g/mol. The average Bonchev–Trinajstić information content (AvgIpc) is 2.52. The van der Waals surface area contributed by atoms with E-state index < -0.39 is 0 Å². The minimum absolute atomic E-state index is 0.875. The molecule has 2 aromatic rings. The molecule has 0 fully saturated rings. The Kier molecular flexibility index (Phi) is 5.96. The van der Waals surface area contributed by atoms with Gasteiger partial charge in [0.05, 0.1) is 11.4 Å². The Morgan fingerprint density at radius 2 is 2.00 bits per heavy atom. The van der Waals surface area contributed by atoms with Gasteiger partial charge in [0.1, 0.15) is 0 Å². The molecule has 2 nitrogen and oxygen atoms in total. The lowest BCUT2D eigenvalue weighted by Crippen LogP contribution is -2.19. The Morgan fingerprint density at radius 1 is 1.27 bits per heavy atom.